The van der Waals surface area contributed by atoms with Gasteiger partial charge in [-0.15, -0.1) is 0 Å². The molecule has 0 unspecified atom stereocenters. The van der Waals surface area contributed by atoms with E-state index in [-0.39, 0.29) is 11.4 Å². The smallest absolute Gasteiger partial charge is 0.339 e. The Morgan fingerprint density at radius 2 is 0.682 bits per heavy atom. The fourth-order valence-electron chi connectivity index (χ4n) is 6.15. The summed E-state index contributed by atoms with van der Waals surface area (Å²) >= 11 is 0. The van der Waals surface area contributed by atoms with Crippen LogP contribution in [0.25, 0.3) is 0 Å². The molecule has 0 aromatic rings. The third kappa shape index (κ3) is 32.0. The molecule has 0 radical (unpaired) electrons. The third-order valence-electron chi connectivity index (χ3n) is 9.15. The van der Waals surface area contributed by atoms with Gasteiger partial charge in [-0.3, -0.25) is 4.79 Å². The molecule has 0 fully saturated rings. The Kier molecular flexibility index (Phi) is 35.0. The van der Waals surface area contributed by atoms with E-state index in [9.17, 15) is 14.7 Å². The Morgan fingerprint density at radius 1 is 0.409 bits per heavy atom. The van der Waals surface area contributed by atoms with Crippen LogP contribution in [0.4, 0.5) is 0 Å². The lowest BCUT2D eigenvalue weighted by molar-refractivity contribution is -0.134. The molecular formula is C41H76O3. The SMILES string of the molecule is CCCCCCCCCCCCCCCC=CC(=O)C(=CCCCCCCCCCCCCCCCCCCCC)C(=O)O. The van der Waals surface area contributed by atoms with Gasteiger partial charge < -0.3 is 5.11 Å². The summed E-state index contributed by atoms with van der Waals surface area (Å²) in [5.41, 5.74) is -0.0569. The Balaban J connectivity index is 3.63. The standard InChI is InChI=1S/C41H76O3/c1-3-5-7-9-11-13-15-17-19-20-21-22-24-25-27-29-31-33-35-37-39(41(43)44)40(42)38-36-34-32-30-28-26-23-18-16-14-12-10-8-6-4-2/h36-38H,3-35H2,1-2H3,(H,43,44). The molecule has 0 atom stereocenters. The number of allylic oxidation sites excluding steroid dienone is 3. The summed E-state index contributed by atoms with van der Waals surface area (Å²) in [7, 11) is 0. The van der Waals surface area contributed by atoms with Gasteiger partial charge >= 0.3 is 5.97 Å². The first-order valence-electron chi connectivity index (χ1n) is 19.8. The van der Waals surface area contributed by atoms with Crippen molar-refractivity contribution in [3.05, 3.63) is 23.8 Å². The lowest BCUT2D eigenvalue weighted by atomic mass is 10.0. The number of ketones is 1. The molecule has 0 spiro atoms. The minimum absolute atomic E-state index is 0.0569. The van der Waals surface area contributed by atoms with Crippen molar-refractivity contribution in [2.24, 2.45) is 0 Å². The van der Waals surface area contributed by atoms with Crippen molar-refractivity contribution >= 4 is 11.8 Å². The van der Waals surface area contributed by atoms with Crippen LogP contribution in [0.1, 0.15) is 226 Å². The van der Waals surface area contributed by atoms with Crippen LogP contribution in [-0.2, 0) is 9.59 Å². The molecule has 0 aromatic heterocycles. The number of carboxylic acid groups (broad SMARTS) is 1. The van der Waals surface area contributed by atoms with E-state index in [4.69, 9.17) is 0 Å². The molecule has 258 valence electrons. The predicted octanol–water partition coefficient (Wildman–Crippen LogP) is 14.0. The van der Waals surface area contributed by atoms with Crippen molar-refractivity contribution in [3.63, 3.8) is 0 Å². The van der Waals surface area contributed by atoms with Gasteiger partial charge in [-0.2, -0.15) is 0 Å². The molecular weight excluding hydrogens is 540 g/mol. The molecule has 0 aliphatic carbocycles. The van der Waals surface area contributed by atoms with Crippen LogP contribution < -0.4 is 0 Å². The normalized spacial score (nSPS) is 12.0. The number of rotatable bonds is 36. The molecule has 0 amide bonds. The van der Waals surface area contributed by atoms with Crippen LogP contribution in [0.3, 0.4) is 0 Å². The highest BCUT2D eigenvalue weighted by atomic mass is 16.4. The highest BCUT2D eigenvalue weighted by Gasteiger charge is 2.13. The zero-order chi connectivity index (χ0) is 32.2. The Morgan fingerprint density at radius 3 is 0.977 bits per heavy atom. The van der Waals surface area contributed by atoms with Crippen molar-refractivity contribution in [1.29, 1.82) is 0 Å². The Labute approximate surface area is 275 Å². The minimum Gasteiger partial charge on any atom is -0.478 e. The maximum atomic E-state index is 12.4. The number of carbonyl (C=O) groups is 2. The fraction of sp³-hybridized carbons (Fsp3) is 0.854. The van der Waals surface area contributed by atoms with Gasteiger partial charge in [0.25, 0.3) is 0 Å². The van der Waals surface area contributed by atoms with Gasteiger partial charge in [0.15, 0.2) is 5.78 Å². The number of aliphatic carboxylic acids is 1. The van der Waals surface area contributed by atoms with E-state index in [0.29, 0.717) is 6.42 Å². The van der Waals surface area contributed by atoms with E-state index in [1.165, 1.54) is 186 Å². The summed E-state index contributed by atoms with van der Waals surface area (Å²) < 4.78 is 0. The summed E-state index contributed by atoms with van der Waals surface area (Å²) in [6.45, 7) is 4.55. The first kappa shape index (κ1) is 42.6. The molecule has 0 heterocycles. The molecule has 3 heteroatoms. The van der Waals surface area contributed by atoms with Crippen LogP contribution in [-0.4, -0.2) is 16.9 Å². The van der Waals surface area contributed by atoms with Gasteiger partial charge in [0, 0.05) is 0 Å². The summed E-state index contributed by atoms with van der Waals surface area (Å²) in [4.78, 5) is 24.0. The van der Waals surface area contributed by atoms with Gasteiger partial charge in [0.2, 0.25) is 0 Å². The molecule has 0 saturated carbocycles. The van der Waals surface area contributed by atoms with Crippen molar-refractivity contribution in [1.82, 2.24) is 0 Å². The predicted molar refractivity (Wildman–Crippen MR) is 194 cm³/mol. The zero-order valence-corrected chi connectivity index (χ0v) is 29.8. The zero-order valence-electron chi connectivity index (χ0n) is 29.8. The van der Waals surface area contributed by atoms with E-state index >= 15 is 0 Å². The highest BCUT2D eigenvalue weighted by Crippen LogP contribution is 2.16. The Hall–Kier alpha value is -1.38. The number of carboxylic acids is 1. The first-order valence-corrected chi connectivity index (χ1v) is 19.8. The molecule has 44 heavy (non-hydrogen) atoms. The average molecular weight is 617 g/mol. The van der Waals surface area contributed by atoms with E-state index < -0.39 is 5.97 Å². The summed E-state index contributed by atoms with van der Waals surface area (Å²) in [6.07, 6.45) is 47.9. The van der Waals surface area contributed by atoms with Crippen LogP contribution in [0.5, 0.6) is 0 Å². The largest absolute Gasteiger partial charge is 0.478 e. The molecule has 0 aromatic carbocycles. The second-order valence-electron chi connectivity index (χ2n) is 13.5. The quantitative estimate of drug-likeness (QED) is 0.0330. The van der Waals surface area contributed by atoms with Crippen molar-refractivity contribution in [2.75, 3.05) is 0 Å². The topological polar surface area (TPSA) is 54.4 Å². The second kappa shape index (κ2) is 36.1. The van der Waals surface area contributed by atoms with Crippen molar-refractivity contribution in [2.45, 2.75) is 226 Å². The van der Waals surface area contributed by atoms with Crippen LogP contribution in [0.15, 0.2) is 23.8 Å². The maximum Gasteiger partial charge on any atom is 0.339 e. The molecule has 0 aliphatic rings. The van der Waals surface area contributed by atoms with Crippen LogP contribution in [0, 0.1) is 0 Å². The van der Waals surface area contributed by atoms with Crippen LogP contribution >= 0.6 is 0 Å². The number of unbranched alkanes of at least 4 members (excludes halogenated alkanes) is 31. The lowest BCUT2D eigenvalue weighted by Gasteiger charge is -2.04. The van der Waals surface area contributed by atoms with Gasteiger partial charge in [-0.1, -0.05) is 212 Å². The van der Waals surface area contributed by atoms with E-state index in [0.717, 1.165) is 25.7 Å². The van der Waals surface area contributed by atoms with Crippen molar-refractivity contribution in [3.8, 4) is 0 Å². The number of hydrogen-bond donors (Lipinski definition) is 1. The minimum atomic E-state index is -1.09. The van der Waals surface area contributed by atoms with Gasteiger partial charge in [-0.25, -0.2) is 4.79 Å². The van der Waals surface area contributed by atoms with Crippen LogP contribution in [0.2, 0.25) is 0 Å². The summed E-state index contributed by atoms with van der Waals surface area (Å²) in [5, 5.41) is 9.50. The third-order valence-corrected chi connectivity index (χ3v) is 9.15. The number of carbonyl (C=O) groups excluding carboxylic acids is 1. The van der Waals surface area contributed by atoms with Gasteiger partial charge in [-0.05, 0) is 31.8 Å². The molecule has 1 N–H and O–H groups in total. The maximum absolute atomic E-state index is 12.4. The van der Waals surface area contributed by atoms with Gasteiger partial charge in [0.1, 0.15) is 5.57 Å². The van der Waals surface area contributed by atoms with E-state index in [2.05, 4.69) is 13.8 Å². The number of hydrogen-bond acceptors (Lipinski definition) is 2. The van der Waals surface area contributed by atoms with Crippen molar-refractivity contribution < 1.29 is 14.7 Å². The van der Waals surface area contributed by atoms with E-state index in [1.807, 2.05) is 6.08 Å². The average Bonchev–Trinajstić information content (AvgIpc) is 3.01. The van der Waals surface area contributed by atoms with E-state index in [1.54, 1.807) is 6.08 Å². The summed E-state index contributed by atoms with van der Waals surface area (Å²) in [5.74, 6) is -1.45. The van der Waals surface area contributed by atoms with Gasteiger partial charge in [0.05, 0.1) is 0 Å². The molecule has 3 nitrogen and oxygen atoms in total. The monoisotopic (exact) mass is 617 g/mol. The fourth-order valence-corrected chi connectivity index (χ4v) is 6.15. The molecule has 0 bridgehead atoms. The first-order chi connectivity index (χ1) is 21.6. The molecule has 0 saturated heterocycles. The lowest BCUT2D eigenvalue weighted by Crippen LogP contribution is -2.10. The molecule has 0 aliphatic heterocycles. The summed E-state index contributed by atoms with van der Waals surface area (Å²) in [6, 6.07) is 0. The second-order valence-corrected chi connectivity index (χ2v) is 13.5. The highest BCUT2D eigenvalue weighted by molar-refractivity contribution is 6.21. The molecule has 0 rings (SSSR count). The Bertz CT molecular complexity index is 677.